The van der Waals surface area contributed by atoms with Crippen molar-refractivity contribution in [2.24, 2.45) is 16.3 Å². The van der Waals surface area contributed by atoms with Crippen LogP contribution in [0.5, 0.6) is 0 Å². The summed E-state index contributed by atoms with van der Waals surface area (Å²) in [4.78, 5) is 34.3. The number of carbonyl (C=O) groups excluding carboxylic acids is 2. The summed E-state index contributed by atoms with van der Waals surface area (Å²) in [6, 6.07) is 11.5. The highest BCUT2D eigenvalue weighted by molar-refractivity contribution is 6.47. The Morgan fingerprint density at radius 3 is 2.51 bits per heavy atom. The third kappa shape index (κ3) is 6.49. The minimum Gasteiger partial charge on any atom is -0.345 e. The molecule has 1 saturated carbocycles. The van der Waals surface area contributed by atoms with Crippen LogP contribution in [0.1, 0.15) is 106 Å². The van der Waals surface area contributed by atoms with E-state index in [4.69, 9.17) is 16.6 Å². The van der Waals surface area contributed by atoms with Gasteiger partial charge in [0.05, 0.1) is 17.6 Å². The highest BCUT2D eigenvalue weighted by atomic mass is 35.5. The summed E-state index contributed by atoms with van der Waals surface area (Å²) in [6.07, 6.45) is 6.04. The smallest absolute Gasteiger partial charge is 0.275 e. The van der Waals surface area contributed by atoms with E-state index in [0.717, 1.165) is 50.5 Å². The number of aliphatic imine (C=N–C) groups is 1. The zero-order valence-corrected chi connectivity index (χ0v) is 25.9. The van der Waals surface area contributed by atoms with Gasteiger partial charge in [0, 0.05) is 11.1 Å². The van der Waals surface area contributed by atoms with Gasteiger partial charge in [-0.2, -0.15) is 5.21 Å². The molecule has 2 aromatic carbocycles. The van der Waals surface area contributed by atoms with Gasteiger partial charge in [-0.25, -0.2) is 4.39 Å². The van der Waals surface area contributed by atoms with Crippen LogP contribution in [0, 0.1) is 17.2 Å². The fourth-order valence-electron chi connectivity index (χ4n) is 6.39. The van der Waals surface area contributed by atoms with Crippen molar-refractivity contribution in [3.63, 3.8) is 0 Å². The SMILES string of the molecule is CCCC[C@H](c1ccc(C(=O)NCc2nn[nH]n2)cc1)N1C(=O)C(c2ccc(F)c(Cl)c2)=NC12CCC(C(C)(C)C)CC2. The fraction of sp³-hybridized carbons (Fsp3) is 0.500. The van der Waals surface area contributed by atoms with E-state index in [1.807, 2.05) is 17.0 Å². The lowest BCUT2D eigenvalue weighted by Gasteiger charge is -2.47. The van der Waals surface area contributed by atoms with Crippen LogP contribution >= 0.6 is 11.6 Å². The molecule has 0 saturated heterocycles. The number of nitrogens with zero attached hydrogens (tertiary/aromatic N) is 5. The number of aromatic amines is 1. The molecule has 11 heteroatoms. The Hall–Kier alpha value is -3.66. The van der Waals surface area contributed by atoms with Gasteiger partial charge in [-0.05, 0) is 79.3 Å². The third-order valence-corrected chi connectivity index (χ3v) is 9.18. The van der Waals surface area contributed by atoms with Gasteiger partial charge in [0.15, 0.2) is 5.82 Å². The summed E-state index contributed by atoms with van der Waals surface area (Å²) < 4.78 is 14.1. The molecule has 0 bridgehead atoms. The molecule has 2 aliphatic rings. The lowest BCUT2D eigenvalue weighted by Crippen LogP contribution is -2.51. The molecular formula is C32H39ClFN7O2. The predicted octanol–water partition coefficient (Wildman–Crippen LogP) is 6.42. The summed E-state index contributed by atoms with van der Waals surface area (Å²) in [5.41, 5.74) is 1.76. The number of rotatable bonds is 9. The number of aromatic nitrogens is 4. The van der Waals surface area contributed by atoms with E-state index in [1.165, 1.54) is 12.1 Å². The molecule has 1 aliphatic carbocycles. The second kappa shape index (κ2) is 12.5. The molecule has 5 rings (SSSR count). The average molecular weight is 608 g/mol. The Balaban J connectivity index is 1.47. The Labute approximate surface area is 256 Å². The van der Waals surface area contributed by atoms with E-state index in [0.29, 0.717) is 28.6 Å². The van der Waals surface area contributed by atoms with Crippen molar-refractivity contribution in [3.8, 4) is 0 Å². The zero-order chi connectivity index (χ0) is 30.8. The monoisotopic (exact) mass is 607 g/mol. The average Bonchev–Trinajstić information content (AvgIpc) is 3.60. The first kappa shape index (κ1) is 30.8. The van der Waals surface area contributed by atoms with Gasteiger partial charge in [0.2, 0.25) is 0 Å². The predicted molar refractivity (Wildman–Crippen MR) is 163 cm³/mol. The molecule has 2 heterocycles. The van der Waals surface area contributed by atoms with E-state index in [-0.39, 0.29) is 34.8 Å². The van der Waals surface area contributed by atoms with Crippen LogP contribution in [0.25, 0.3) is 0 Å². The minimum absolute atomic E-state index is 0.0346. The van der Waals surface area contributed by atoms with E-state index in [9.17, 15) is 14.0 Å². The van der Waals surface area contributed by atoms with Crippen LogP contribution in [-0.2, 0) is 11.3 Å². The van der Waals surface area contributed by atoms with Crippen molar-refractivity contribution in [1.29, 1.82) is 0 Å². The van der Waals surface area contributed by atoms with Crippen molar-refractivity contribution in [3.05, 3.63) is 75.8 Å². The Bertz CT molecular complexity index is 1480. The molecule has 2 N–H and O–H groups in total. The van der Waals surface area contributed by atoms with Crippen molar-refractivity contribution >= 4 is 29.1 Å². The summed E-state index contributed by atoms with van der Waals surface area (Å²) in [7, 11) is 0. The molecule has 1 fully saturated rings. The second-order valence-corrected chi connectivity index (χ2v) is 13.1. The molecular weight excluding hydrogens is 569 g/mol. The number of amides is 2. The quantitative estimate of drug-likeness (QED) is 0.291. The summed E-state index contributed by atoms with van der Waals surface area (Å²) >= 11 is 6.14. The van der Waals surface area contributed by atoms with Crippen LogP contribution in [0.15, 0.2) is 47.5 Å². The lowest BCUT2D eigenvalue weighted by atomic mass is 9.69. The van der Waals surface area contributed by atoms with Gasteiger partial charge in [-0.15, -0.1) is 10.2 Å². The van der Waals surface area contributed by atoms with Gasteiger partial charge >= 0.3 is 0 Å². The number of nitrogens with one attached hydrogen (secondary N) is 2. The first-order valence-corrected chi connectivity index (χ1v) is 15.4. The molecule has 1 aromatic heterocycles. The molecule has 1 atom stereocenters. The molecule has 3 aromatic rings. The third-order valence-electron chi connectivity index (χ3n) is 8.89. The number of halogens is 2. The number of unbranched alkanes of at least 4 members (excludes halogenated alkanes) is 1. The maximum absolute atomic E-state index is 14.4. The molecule has 2 amide bonds. The van der Waals surface area contributed by atoms with Gasteiger partial charge in [0.25, 0.3) is 11.8 Å². The van der Waals surface area contributed by atoms with Crippen LogP contribution in [0.4, 0.5) is 4.39 Å². The summed E-state index contributed by atoms with van der Waals surface area (Å²) in [5.74, 6) is -0.0406. The maximum atomic E-state index is 14.4. The van der Waals surface area contributed by atoms with Crippen LogP contribution in [0.2, 0.25) is 5.02 Å². The first-order chi connectivity index (χ1) is 20.5. The molecule has 0 unspecified atom stereocenters. The van der Waals surface area contributed by atoms with E-state index >= 15 is 0 Å². The van der Waals surface area contributed by atoms with Gasteiger partial charge in [0.1, 0.15) is 17.2 Å². The molecule has 228 valence electrons. The molecule has 43 heavy (non-hydrogen) atoms. The topological polar surface area (TPSA) is 116 Å². The minimum atomic E-state index is -0.700. The number of carbonyl (C=O) groups is 2. The highest BCUT2D eigenvalue weighted by Gasteiger charge is 2.52. The standard InChI is InChI=1S/C32H39ClFN7O2/c1-5-6-7-26(20-8-10-21(11-9-20)29(42)35-19-27-37-39-40-38-27)41-30(43)28(22-12-13-25(34)24(33)18-22)36-32(41)16-14-23(15-17-32)31(2,3)4/h8-13,18,23,26H,5-7,14-17,19H2,1-4H3,(H,35,42)(H,37,38,39,40)/t23?,26-,32?/m1/s1. The van der Waals surface area contributed by atoms with Gasteiger partial charge < -0.3 is 10.2 Å². The maximum Gasteiger partial charge on any atom is 0.275 e. The van der Waals surface area contributed by atoms with Crippen LogP contribution < -0.4 is 5.32 Å². The van der Waals surface area contributed by atoms with Crippen molar-refractivity contribution in [1.82, 2.24) is 30.8 Å². The van der Waals surface area contributed by atoms with Gasteiger partial charge in [-0.3, -0.25) is 14.6 Å². The second-order valence-electron chi connectivity index (χ2n) is 12.7. The van der Waals surface area contributed by atoms with E-state index in [2.05, 4.69) is 53.6 Å². The number of tetrazole rings is 1. The number of hydrogen-bond donors (Lipinski definition) is 2. The van der Waals surface area contributed by atoms with Crippen molar-refractivity contribution < 1.29 is 14.0 Å². The fourth-order valence-corrected chi connectivity index (χ4v) is 6.57. The van der Waals surface area contributed by atoms with E-state index in [1.54, 1.807) is 18.2 Å². The highest BCUT2D eigenvalue weighted by Crippen LogP contribution is 2.50. The van der Waals surface area contributed by atoms with E-state index < -0.39 is 11.5 Å². The van der Waals surface area contributed by atoms with Crippen LogP contribution in [0.3, 0.4) is 0 Å². The van der Waals surface area contributed by atoms with Gasteiger partial charge in [-0.1, -0.05) is 69.5 Å². The van der Waals surface area contributed by atoms with Crippen LogP contribution in [-0.4, -0.2) is 48.7 Å². The number of benzene rings is 2. The number of hydrogen-bond acceptors (Lipinski definition) is 6. The first-order valence-electron chi connectivity index (χ1n) is 15.0. The summed E-state index contributed by atoms with van der Waals surface area (Å²) in [5, 5.41) is 16.4. The molecule has 1 aliphatic heterocycles. The van der Waals surface area contributed by atoms with Crippen molar-refractivity contribution in [2.75, 3.05) is 0 Å². The largest absolute Gasteiger partial charge is 0.345 e. The molecule has 1 spiro atoms. The molecule has 9 nitrogen and oxygen atoms in total. The normalized spacial score (nSPS) is 21.3. The Morgan fingerprint density at radius 1 is 1.19 bits per heavy atom. The zero-order valence-electron chi connectivity index (χ0n) is 25.2. The molecule has 0 radical (unpaired) electrons. The van der Waals surface area contributed by atoms with Crippen molar-refractivity contribution in [2.45, 2.75) is 90.9 Å². The summed E-state index contributed by atoms with van der Waals surface area (Å²) in [6.45, 7) is 9.10. The lowest BCUT2D eigenvalue weighted by molar-refractivity contribution is -0.133. The Kier molecular flexibility index (Phi) is 8.96. The Morgan fingerprint density at radius 2 is 1.91 bits per heavy atom. The number of H-pyrrole nitrogens is 1.